The fourth-order valence-corrected chi connectivity index (χ4v) is 7.04. The molecule has 9 rings (SSSR count). The molecular formula is C44H31N3. The molecule has 1 unspecified atom stereocenters. The maximum atomic E-state index is 5.33. The van der Waals surface area contributed by atoms with Crippen molar-refractivity contribution in [2.24, 2.45) is 0 Å². The molecule has 47 heavy (non-hydrogen) atoms. The minimum Gasteiger partial charge on any atom is -0.359 e. The van der Waals surface area contributed by atoms with E-state index in [4.69, 9.17) is 4.98 Å². The first kappa shape index (κ1) is 27.1. The lowest BCUT2D eigenvalue weighted by atomic mass is 9.92. The first-order valence-electron chi connectivity index (χ1n) is 16.1. The molecule has 7 aromatic carbocycles. The van der Waals surface area contributed by atoms with Crippen LogP contribution in [-0.2, 0) is 0 Å². The van der Waals surface area contributed by atoms with Gasteiger partial charge in [-0.1, -0.05) is 146 Å². The molecule has 3 heteroatoms. The summed E-state index contributed by atoms with van der Waals surface area (Å²) in [5.74, 6) is 0. The van der Waals surface area contributed by atoms with Gasteiger partial charge in [-0.05, 0) is 58.1 Å². The molecule has 1 aromatic heterocycles. The Bertz CT molecular complexity index is 2370. The second-order valence-electron chi connectivity index (χ2n) is 12.0. The minimum absolute atomic E-state index is 0.0211. The molecule has 0 amide bonds. The molecule has 8 aromatic rings. The number of rotatable bonds is 5. The van der Waals surface area contributed by atoms with Crippen LogP contribution in [0.3, 0.4) is 0 Å². The fourth-order valence-electron chi connectivity index (χ4n) is 7.04. The normalized spacial score (nSPS) is 13.9. The SMILES string of the molecule is c1ccc(-c2nc3cc(-c4ccc(N5c6ccccc6NC5c5ccccc5)cc4)ccc3c3c(-c4ccccc4)cccc23)cc1. The van der Waals surface area contributed by atoms with E-state index in [-0.39, 0.29) is 6.17 Å². The Morgan fingerprint density at radius 3 is 1.91 bits per heavy atom. The quantitative estimate of drug-likeness (QED) is 0.199. The van der Waals surface area contributed by atoms with Crippen molar-refractivity contribution in [2.45, 2.75) is 6.17 Å². The lowest BCUT2D eigenvalue weighted by Gasteiger charge is -2.27. The van der Waals surface area contributed by atoms with Crippen LogP contribution >= 0.6 is 0 Å². The highest BCUT2D eigenvalue weighted by molar-refractivity contribution is 6.17. The number of hydrogen-bond donors (Lipinski definition) is 1. The number of aromatic nitrogens is 1. The molecule has 0 saturated carbocycles. The first-order valence-corrected chi connectivity index (χ1v) is 16.1. The molecule has 0 fully saturated rings. The summed E-state index contributed by atoms with van der Waals surface area (Å²) in [6, 6.07) is 62.6. The number of pyridine rings is 1. The van der Waals surface area contributed by atoms with Gasteiger partial charge in [0.15, 0.2) is 0 Å². The van der Waals surface area contributed by atoms with Crippen molar-refractivity contribution in [3.05, 3.63) is 181 Å². The maximum absolute atomic E-state index is 5.33. The molecule has 0 bridgehead atoms. The molecule has 0 spiro atoms. The topological polar surface area (TPSA) is 28.2 Å². The number of fused-ring (bicyclic) bond motifs is 4. The van der Waals surface area contributed by atoms with E-state index < -0.39 is 0 Å². The highest BCUT2D eigenvalue weighted by atomic mass is 15.3. The third-order valence-electron chi connectivity index (χ3n) is 9.26. The van der Waals surface area contributed by atoms with Gasteiger partial charge < -0.3 is 10.2 Å². The summed E-state index contributed by atoms with van der Waals surface area (Å²) in [4.78, 5) is 7.72. The minimum atomic E-state index is 0.0211. The standard InChI is InChI=1S/C44H31N3/c1-4-13-31(14-5-1)36-19-12-20-38-42(36)37-28-25-34(29-40(37)45-43(38)32-15-6-2-7-16-32)30-23-26-35(27-24-30)47-41-22-11-10-21-39(41)46-44(47)33-17-8-3-9-18-33/h1-29,44,46H. The van der Waals surface area contributed by atoms with Gasteiger partial charge in [-0.2, -0.15) is 0 Å². The van der Waals surface area contributed by atoms with E-state index in [0.29, 0.717) is 0 Å². The molecule has 0 radical (unpaired) electrons. The maximum Gasteiger partial charge on any atom is 0.130 e. The Kier molecular flexibility index (Phi) is 6.53. The largest absolute Gasteiger partial charge is 0.359 e. The van der Waals surface area contributed by atoms with E-state index in [2.05, 4.69) is 186 Å². The summed E-state index contributed by atoms with van der Waals surface area (Å²) in [6.45, 7) is 0. The van der Waals surface area contributed by atoms with Crippen molar-refractivity contribution < 1.29 is 0 Å². The van der Waals surface area contributed by atoms with Gasteiger partial charge in [0.25, 0.3) is 0 Å². The van der Waals surface area contributed by atoms with Gasteiger partial charge in [-0.25, -0.2) is 4.98 Å². The van der Waals surface area contributed by atoms with Gasteiger partial charge >= 0.3 is 0 Å². The van der Waals surface area contributed by atoms with Crippen LogP contribution in [0.25, 0.3) is 55.2 Å². The van der Waals surface area contributed by atoms with E-state index in [0.717, 1.165) is 50.0 Å². The monoisotopic (exact) mass is 601 g/mol. The number of anilines is 3. The molecule has 2 heterocycles. The summed E-state index contributed by atoms with van der Waals surface area (Å²) >= 11 is 0. The van der Waals surface area contributed by atoms with Crippen molar-refractivity contribution >= 4 is 38.7 Å². The summed E-state index contributed by atoms with van der Waals surface area (Å²) in [6.07, 6.45) is 0.0211. The molecule has 1 atom stereocenters. The zero-order valence-electron chi connectivity index (χ0n) is 25.7. The lowest BCUT2D eigenvalue weighted by molar-refractivity contribution is 0.828. The third kappa shape index (κ3) is 4.72. The van der Waals surface area contributed by atoms with Crippen LogP contribution in [0.4, 0.5) is 17.1 Å². The van der Waals surface area contributed by atoms with E-state index >= 15 is 0 Å². The van der Waals surface area contributed by atoms with Crippen LogP contribution in [0.1, 0.15) is 11.7 Å². The zero-order valence-corrected chi connectivity index (χ0v) is 25.7. The Morgan fingerprint density at radius 1 is 0.489 bits per heavy atom. The van der Waals surface area contributed by atoms with Crippen molar-refractivity contribution in [2.75, 3.05) is 10.2 Å². The molecule has 1 aliphatic heterocycles. The average molecular weight is 602 g/mol. The molecule has 0 saturated heterocycles. The molecule has 222 valence electrons. The van der Waals surface area contributed by atoms with Gasteiger partial charge in [0.05, 0.1) is 22.6 Å². The van der Waals surface area contributed by atoms with Gasteiger partial charge in [-0.3, -0.25) is 0 Å². The Morgan fingerprint density at radius 2 is 1.15 bits per heavy atom. The van der Waals surface area contributed by atoms with Crippen LogP contribution in [0.2, 0.25) is 0 Å². The predicted octanol–water partition coefficient (Wildman–Crippen LogP) is 11.7. The van der Waals surface area contributed by atoms with Gasteiger partial charge in [0.2, 0.25) is 0 Å². The van der Waals surface area contributed by atoms with E-state index in [1.807, 2.05) is 0 Å². The summed E-state index contributed by atoms with van der Waals surface area (Å²) in [7, 11) is 0. The highest BCUT2D eigenvalue weighted by Crippen LogP contribution is 2.46. The number of hydrogen-bond acceptors (Lipinski definition) is 3. The smallest absolute Gasteiger partial charge is 0.130 e. The summed E-state index contributed by atoms with van der Waals surface area (Å²) in [5.41, 5.74) is 12.5. The molecule has 0 aliphatic carbocycles. The number of nitrogens with zero attached hydrogens (tertiary/aromatic N) is 2. The second kappa shape index (κ2) is 11.3. The second-order valence-corrected chi connectivity index (χ2v) is 12.0. The zero-order chi connectivity index (χ0) is 31.2. The Balaban J connectivity index is 1.17. The van der Waals surface area contributed by atoms with Crippen LogP contribution in [0.5, 0.6) is 0 Å². The molecule has 1 N–H and O–H groups in total. The van der Waals surface area contributed by atoms with Crippen molar-refractivity contribution in [1.82, 2.24) is 4.98 Å². The van der Waals surface area contributed by atoms with Crippen molar-refractivity contribution in [3.63, 3.8) is 0 Å². The van der Waals surface area contributed by atoms with Crippen molar-refractivity contribution in [1.29, 1.82) is 0 Å². The number of benzene rings is 7. The van der Waals surface area contributed by atoms with Crippen molar-refractivity contribution in [3.8, 4) is 33.5 Å². The molecule has 3 nitrogen and oxygen atoms in total. The average Bonchev–Trinajstić information content (AvgIpc) is 3.55. The number of para-hydroxylation sites is 2. The molecular weight excluding hydrogens is 571 g/mol. The Hall–Kier alpha value is -6.19. The van der Waals surface area contributed by atoms with E-state index in [1.54, 1.807) is 0 Å². The van der Waals surface area contributed by atoms with Crippen LogP contribution in [0, 0.1) is 0 Å². The predicted molar refractivity (Wildman–Crippen MR) is 197 cm³/mol. The van der Waals surface area contributed by atoms with Gasteiger partial charge in [0, 0.05) is 27.4 Å². The van der Waals surface area contributed by atoms with Crippen LogP contribution < -0.4 is 10.2 Å². The third-order valence-corrected chi connectivity index (χ3v) is 9.26. The Labute approximate surface area is 274 Å². The highest BCUT2D eigenvalue weighted by Gasteiger charge is 2.30. The lowest BCUT2D eigenvalue weighted by Crippen LogP contribution is -2.23. The first-order chi connectivity index (χ1) is 23.3. The van der Waals surface area contributed by atoms with E-state index in [9.17, 15) is 0 Å². The van der Waals surface area contributed by atoms with E-state index in [1.165, 1.54) is 27.8 Å². The molecule has 1 aliphatic rings. The summed E-state index contributed by atoms with van der Waals surface area (Å²) < 4.78 is 0. The van der Waals surface area contributed by atoms with Gasteiger partial charge in [0.1, 0.15) is 6.17 Å². The van der Waals surface area contributed by atoms with Crippen LogP contribution in [0.15, 0.2) is 176 Å². The van der Waals surface area contributed by atoms with Gasteiger partial charge in [-0.15, -0.1) is 0 Å². The fraction of sp³-hybridized carbons (Fsp3) is 0.0227. The van der Waals surface area contributed by atoms with Crippen LogP contribution in [-0.4, -0.2) is 4.98 Å². The number of nitrogens with one attached hydrogen (secondary N) is 1. The summed E-state index contributed by atoms with van der Waals surface area (Å²) in [5, 5.41) is 7.29.